The van der Waals surface area contributed by atoms with Crippen molar-refractivity contribution in [2.24, 2.45) is 0 Å². The van der Waals surface area contributed by atoms with Crippen molar-refractivity contribution >= 4 is 27.8 Å². The molecule has 1 heteroatoms. The van der Waals surface area contributed by atoms with Crippen LogP contribution in [0.15, 0.2) is 297 Å². The van der Waals surface area contributed by atoms with Crippen LogP contribution < -0.4 is 4.90 Å². The lowest BCUT2D eigenvalue weighted by Crippen LogP contribution is -2.28. The van der Waals surface area contributed by atoms with Gasteiger partial charge in [0.05, 0.1) is 5.41 Å². The van der Waals surface area contributed by atoms with Gasteiger partial charge in [0.2, 0.25) is 0 Å². The van der Waals surface area contributed by atoms with Gasteiger partial charge in [-0.15, -0.1) is 0 Å². The van der Waals surface area contributed by atoms with Crippen LogP contribution in [0.3, 0.4) is 0 Å². The number of anilines is 3. The molecule has 0 aromatic heterocycles. The second-order valence-electron chi connectivity index (χ2n) is 18.9. The number of hydrogen-bond donors (Lipinski definition) is 0. The molecule has 0 saturated heterocycles. The summed E-state index contributed by atoms with van der Waals surface area (Å²) in [4.78, 5) is 2.42. The van der Waals surface area contributed by atoms with Gasteiger partial charge in [-0.25, -0.2) is 0 Å². The van der Waals surface area contributed by atoms with Crippen LogP contribution in [0.5, 0.6) is 0 Å². The minimum Gasteiger partial charge on any atom is -0.310 e. The van der Waals surface area contributed by atoms with Crippen molar-refractivity contribution in [2.45, 2.75) is 5.41 Å². The molecule has 1 nitrogen and oxygen atoms in total. The van der Waals surface area contributed by atoms with Gasteiger partial charge in [-0.2, -0.15) is 0 Å². The molecule has 0 unspecified atom stereocenters. The average molecular weight is 916 g/mol. The Bertz CT molecular complexity index is 3840. The van der Waals surface area contributed by atoms with E-state index in [1.807, 2.05) is 0 Å². The van der Waals surface area contributed by atoms with Crippen LogP contribution in [-0.4, -0.2) is 0 Å². The number of benzene rings is 12. The van der Waals surface area contributed by atoms with Gasteiger partial charge >= 0.3 is 0 Å². The second-order valence-corrected chi connectivity index (χ2v) is 18.9. The maximum atomic E-state index is 2.45. The third kappa shape index (κ3) is 7.60. The highest BCUT2D eigenvalue weighted by molar-refractivity contribution is 5.91. The number of nitrogens with zero attached hydrogens (tertiary/aromatic N) is 1. The molecule has 338 valence electrons. The smallest absolute Gasteiger partial charge is 0.0714 e. The van der Waals surface area contributed by atoms with Crippen LogP contribution >= 0.6 is 0 Å². The van der Waals surface area contributed by atoms with Gasteiger partial charge in [0.15, 0.2) is 0 Å². The fraction of sp³-hybridized carbons (Fsp3) is 0.0141. The lowest BCUT2D eigenvalue weighted by molar-refractivity contribution is 0.768. The van der Waals surface area contributed by atoms with Crippen LogP contribution in [0.1, 0.15) is 22.3 Å². The van der Waals surface area contributed by atoms with E-state index in [9.17, 15) is 0 Å². The third-order valence-electron chi connectivity index (χ3n) is 14.8. The van der Waals surface area contributed by atoms with E-state index in [-0.39, 0.29) is 0 Å². The van der Waals surface area contributed by atoms with Crippen molar-refractivity contribution in [3.63, 3.8) is 0 Å². The highest BCUT2D eigenvalue weighted by Crippen LogP contribution is 2.57. The lowest BCUT2D eigenvalue weighted by Gasteiger charge is -2.35. The van der Waals surface area contributed by atoms with E-state index < -0.39 is 5.41 Å². The molecule has 0 saturated carbocycles. The van der Waals surface area contributed by atoms with E-state index in [1.165, 1.54) is 99.8 Å². The van der Waals surface area contributed by atoms with Crippen LogP contribution in [0.25, 0.3) is 77.5 Å². The van der Waals surface area contributed by atoms with Crippen LogP contribution in [0.2, 0.25) is 0 Å². The summed E-state index contributed by atoms with van der Waals surface area (Å²) in [6.45, 7) is 0. The second kappa shape index (κ2) is 18.2. The molecule has 12 aromatic carbocycles. The normalized spacial score (nSPS) is 12.3. The number of hydrogen-bond acceptors (Lipinski definition) is 1. The van der Waals surface area contributed by atoms with Crippen molar-refractivity contribution in [3.05, 3.63) is 320 Å². The predicted octanol–water partition coefficient (Wildman–Crippen LogP) is 19.0. The first-order chi connectivity index (χ1) is 35.7. The molecule has 0 fully saturated rings. The Morgan fingerprint density at radius 3 is 1.15 bits per heavy atom. The Balaban J connectivity index is 0.888. The highest BCUT2D eigenvalue weighted by Gasteiger charge is 2.46. The average Bonchev–Trinajstić information content (AvgIpc) is 3.76. The third-order valence-corrected chi connectivity index (χ3v) is 14.8. The van der Waals surface area contributed by atoms with E-state index in [4.69, 9.17) is 0 Å². The molecule has 0 atom stereocenters. The van der Waals surface area contributed by atoms with Crippen molar-refractivity contribution < 1.29 is 0 Å². The summed E-state index contributed by atoms with van der Waals surface area (Å²) < 4.78 is 0. The van der Waals surface area contributed by atoms with Gasteiger partial charge in [0, 0.05) is 17.1 Å². The fourth-order valence-electron chi connectivity index (χ4n) is 11.2. The van der Waals surface area contributed by atoms with Gasteiger partial charge < -0.3 is 4.90 Å². The maximum Gasteiger partial charge on any atom is 0.0714 e. The van der Waals surface area contributed by atoms with Crippen LogP contribution in [0.4, 0.5) is 17.1 Å². The number of fused-ring (bicyclic) bond motifs is 4. The van der Waals surface area contributed by atoms with E-state index in [1.54, 1.807) is 0 Å². The van der Waals surface area contributed by atoms with Crippen molar-refractivity contribution in [1.82, 2.24) is 0 Å². The zero-order chi connectivity index (χ0) is 47.8. The first kappa shape index (κ1) is 42.8. The van der Waals surface area contributed by atoms with Crippen molar-refractivity contribution in [1.29, 1.82) is 0 Å². The minimum absolute atomic E-state index is 0.516. The van der Waals surface area contributed by atoms with Gasteiger partial charge in [-0.3, -0.25) is 0 Å². The van der Waals surface area contributed by atoms with E-state index in [2.05, 4.69) is 302 Å². The lowest BCUT2D eigenvalue weighted by atomic mass is 9.67. The summed E-state index contributed by atoms with van der Waals surface area (Å²) in [7, 11) is 0. The van der Waals surface area contributed by atoms with Gasteiger partial charge in [-0.05, 0) is 154 Å². The quantitative estimate of drug-likeness (QED) is 0.132. The van der Waals surface area contributed by atoms with Crippen molar-refractivity contribution in [3.8, 4) is 66.8 Å². The maximum absolute atomic E-state index is 2.45. The fourth-order valence-corrected chi connectivity index (χ4v) is 11.2. The van der Waals surface area contributed by atoms with Crippen LogP contribution in [-0.2, 0) is 5.41 Å². The molecule has 0 amide bonds. The molecule has 0 radical (unpaired) electrons. The molecule has 0 aliphatic heterocycles. The molecule has 0 heterocycles. The molecular weight excluding hydrogens is 867 g/mol. The minimum atomic E-state index is -0.516. The molecule has 0 N–H and O–H groups in total. The van der Waals surface area contributed by atoms with Gasteiger partial charge in [0.1, 0.15) is 0 Å². The molecule has 72 heavy (non-hydrogen) atoms. The Kier molecular flexibility index (Phi) is 10.8. The summed E-state index contributed by atoms with van der Waals surface area (Å²) in [5, 5.41) is 2.51. The summed E-state index contributed by atoms with van der Waals surface area (Å²) in [6, 6.07) is 109. The Labute approximate surface area is 422 Å². The molecule has 0 spiro atoms. The number of rotatable bonds is 10. The van der Waals surface area contributed by atoms with E-state index in [0.29, 0.717) is 0 Å². The largest absolute Gasteiger partial charge is 0.310 e. The zero-order valence-electron chi connectivity index (χ0n) is 39.7. The predicted molar refractivity (Wildman–Crippen MR) is 303 cm³/mol. The molecule has 12 aromatic rings. The zero-order valence-corrected chi connectivity index (χ0v) is 39.7. The first-order valence-corrected chi connectivity index (χ1v) is 24.9. The molecule has 1 aliphatic carbocycles. The topological polar surface area (TPSA) is 3.24 Å². The molecular formula is C71H49N. The highest BCUT2D eigenvalue weighted by atomic mass is 15.1. The molecule has 13 rings (SSSR count). The van der Waals surface area contributed by atoms with E-state index in [0.717, 1.165) is 17.1 Å². The Hall–Kier alpha value is -9.30. The van der Waals surface area contributed by atoms with Gasteiger partial charge in [-0.1, -0.05) is 243 Å². The van der Waals surface area contributed by atoms with Crippen molar-refractivity contribution in [2.75, 3.05) is 4.90 Å². The Morgan fingerprint density at radius 2 is 0.583 bits per heavy atom. The monoisotopic (exact) mass is 915 g/mol. The summed E-state index contributed by atoms with van der Waals surface area (Å²) >= 11 is 0. The Morgan fingerprint density at radius 1 is 0.208 bits per heavy atom. The summed E-state index contributed by atoms with van der Waals surface area (Å²) in [5.74, 6) is 0. The summed E-state index contributed by atoms with van der Waals surface area (Å²) in [5.41, 5.74) is 22.3. The van der Waals surface area contributed by atoms with E-state index >= 15 is 0 Å². The first-order valence-electron chi connectivity index (χ1n) is 24.9. The SMILES string of the molecule is c1ccc(-c2cccc(-c3ccc(N(c4ccc(-c5ccc(-c6cccc(-c7ccc8ccccc8c7)c6)cc5)cc4)c4ccc5c(c4)C(c4ccccc4)(c4ccccc4)c4ccccc4-5)cc3)c2)cc1. The molecule has 1 aliphatic rings. The summed E-state index contributed by atoms with van der Waals surface area (Å²) in [6.07, 6.45) is 0. The molecule has 0 bridgehead atoms. The standard InChI is InChI=1S/C71H49N/c1-4-16-50(17-5-1)57-20-14-21-58(46-57)55-38-42-65(43-39-55)72(66-44-45-68-67-28-12-13-29-69(67)71(70(68)49-66,62-24-6-2-7-25-62)63-26-8-3-9-27-63)64-40-36-53(37-41-64)52-30-32-54(33-31-52)59-22-15-23-60(47-59)61-35-34-51-18-10-11-19-56(51)48-61/h1-49H. The van der Waals surface area contributed by atoms with Gasteiger partial charge in [0.25, 0.3) is 0 Å². The van der Waals surface area contributed by atoms with Crippen LogP contribution in [0, 0.1) is 0 Å².